The summed E-state index contributed by atoms with van der Waals surface area (Å²) >= 11 is 0. The summed E-state index contributed by atoms with van der Waals surface area (Å²) in [7, 11) is 1.77. The van der Waals surface area contributed by atoms with E-state index in [-0.39, 0.29) is 24.2 Å². The van der Waals surface area contributed by atoms with Crippen molar-refractivity contribution in [2.45, 2.75) is 19.0 Å². The van der Waals surface area contributed by atoms with E-state index in [1.165, 1.54) is 12.1 Å². The van der Waals surface area contributed by atoms with Gasteiger partial charge in [-0.05, 0) is 36.8 Å². The minimum atomic E-state index is -0.593. The maximum Gasteiger partial charge on any atom is 0.270 e. The molecule has 4 rings (SSSR count). The molecule has 3 N–H and O–H groups in total. The molecule has 0 bridgehead atoms. The summed E-state index contributed by atoms with van der Waals surface area (Å²) in [6.45, 7) is 1.79. The summed E-state index contributed by atoms with van der Waals surface area (Å²) in [5, 5.41) is 20.2. The topological polar surface area (TPSA) is 105 Å². The van der Waals surface area contributed by atoms with Crippen LogP contribution in [0.4, 0.5) is 10.2 Å². The first-order chi connectivity index (χ1) is 15.4. The van der Waals surface area contributed by atoms with Crippen molar-refractivity contribution >= 4 is 22.6 Å². The molecule has 0 spiro atoms. The van der Waals surface area contributed by atoms with E-state index in [2.05, 4.69) is 25.7 Å². The van der Waals surface area contributed by atoms with Crippen LogP contribution in [0.3, 0.4) is 0 Å². The number of aliphatic hydroxyl groups is 1. The minimum Gasteiger partial charge on any atom is -0.394 e. The lowest BCUT2D eigenvalue weighted by Gasteiger charge is -2.18. The van der Waals surface area contributed by atoms with E-state index in [0.717, 1.165) is 10.9 Å². The monoisotopic (exact) mass is 434 g/mol. The first-order valence-corrected chi connectivity index (χ1v) is 10.1. The van der Waals surface area contributed by atoms with Crippen molar-refractivity contribution in [3.05, 3.63) is 83.7 Å². The zero-order valence-electron chi connectivity index (χ0n) is 17.7. The third kappa shape index (κ3) is 4.73. The van der Waals surface area contributed by atoms with Crippen LogP contribution in [0, 0.1) is 5.82 Å². The Kier molecular flexibility index (Phi) is 6.09. The summed E-state index contributed by atoms with van der Waals surface area (Å²) in [5.74, 6) is -0.240. The van der Waals surface area contributed by atoms with Gasteiger partial charge in [0.2, 0.25) is 0 Å². The van der Waals surface area contributed by atoms with E-state index in [1.807, 2.05) is 6.92 Å². The second-order valence-electron chi connectivity index (χ2n) is 7.60. The number of nitrogens with zero attached hydrogens (tertiary/aromatic N) is 4. The van der Waals surface area contributed by atoms with Crippen LogP contribution in [-0.2, 0) is 7.05 Å². The third-order valence-electron chi connectivity index (χ3n) is 4.99. The number of amides is 1. The number of pyridine rings is 2. The molecule has 9 heteroatoms. The minimum absolute atomic E-state index is 0.0363. The number of fused-ring (bicyclic) bond motifs is 1. The molecule has 1 amide bonds. The van der Waals surface area contributed by atoms with E-state index in [9.17, 15) is 14.3 Å². The van der Waals surface area contributed by atoms with Gasteiger partial charge in [0.1, 0.15) is 17.3 Å². The molecular weight excluding hydrogens is 411 g/mol. The first kappa shape index (κ1) is 21.4. The highest BCUT2D eigenvalue weighted by molar-refractivity contribution is 5.95. The molecule has 0 fully saturated rings. The maximum atomic E-state index is 13.9. The van der Waals surface area contributed by atoms with Gasteiger partial charge in [-0.15, -0.1) is 0 Å². The van der Waals surface area contributed by atoms with E-state index in [1.54, 1.807) is 60.7 Å². The molecule has 0 unspecified atom stereocenters. The number of carbonyl (C=O) groups is 1. The predicted molar refractivity (Wildman–Crippen MR) is 119 cm³/mol. The molecule has 8 nitrogen and oxygen atoms in total. The third-order valence-corrected chi connectivity index (χ3v) is 4.99. The van der Waals surface area contributed by atoms with Crippen molar-refractivity contribution in [2.24, 2.45) is 7.05 Å². The molecule has 0 aliphatic carbocycles. The Balaban J connectivity index is 1.64. The fraction of sp³-hybridized carbons (Fsp3) is 0.217. The Morgan fingerprint density at radius 3 is 2.75 bits per heavy atom. The van der Waals surface area contributed by atoms with E-state index < -0.39 is 11.9 Å². The van der Waals surface area contributed by atoms with Gasteiger partial charge in [0.15, 0.2) is 0 Å². The lowest BCUT2D eigenvalue weighted by atomic mass is 10.0. The van der Waals surface area contributed by atoms with Gasteiger partial charge in [0.25, 0.3) is 5.91 Å². The van der Waals surface area contributed by atoms with Crippen molar-refractivity contribution in [2.75, 3.05) is 11.9 Å². The number of aryl methyl sites for hydroxylation is 1. The number of aromatic nitrogens is 4. The SMILES string of the molecule is C[C@@H](CO)Nc1cc2nc(C(=O)N[C@@H](c3cccc(F)c3)c3cnn(C)c3)ccc2cn1. The highest BCUT2D eigenvalue weighted by Crippen LogP contribution is 2.23. The second-order valence-corrected chi connectivity index (χ2v) is 7.60. The zero-order chi connectivity index (χ0) is 22.7. The van der Waals surface area contributed by atoms with Crippen molar-refractivity contribution in [3.8, 4) is 0 Å². The Bertz CT molecular complexity index is 1260. The van der Waals surface area contributed by atoms with Gasteiger partial charge in [-0.3, -0.25) is 9.48 Å². The zero-order valence-corrected chi connectivity index (χ0v) is 17.7. The van der Waals surface area contributed by atoms with Crippen LogP contribution in [-0.4, -0.2) is 43.4 Å². The summed E-state index contributed by atoms with van der Waals surface area (Å²) in [5.41, 5.74) is 2.13. The predicted octanol–water partition coefficient (Wildman–Crippen LogP) is 2.81. The summed E-state index contributed by atoms with van der Waals surface area (Å²) in [4.78, 5) is 21.9. The van der Waals surface area contributed by atoms with Crippen LogP contribution in [0.25, 0.3) is 10.9 Å². The fourth-order valence-corrected chi connectivity index (χ4v) is 3.36. The van der Waals surface area contributed by atoms with Gasteiger partial charge in [-0.1, -0.05) is 12.1 Å². The second kappa shape index (κ2) is 9.11. The van der Waals surface area contributed by atoms with Crippen LogP contribution >= 0.6 is 0 Å². The number of halogens is 1. The smallest absolute Gasteiger partial charge is 0.270 e. The molecule has 3 heterocycles. The number of benzene rings is 1. The number of aliphatic hydroxyl groups excluding tert-OH is 1. The Morgan fingerprint density at radius 1 is 1.19 bits per heavy atom. The number of hydrogen-bond acceptors (Lipinski definition) is 6. The van der Waals surface area contributed by atoms with Gasteiger partial charge in [0, 0.05) is 42.5 Å². The summed E-state index contributed by atoms with van der Waals surface area (Å²) in [6.07, 6.45) is 5.06. The van der Waals surface area contributed by atoms with Gasteiger partial charge >= 0.3 is 0 Å². The molecule has 0 aliphatic heterocycles. The standard InChI is InChI=1S/C23H23FN6O2/c1-14(13-31)27-21-9-20-16(10-25-21)6-7-19(28-20)23(32)29-22(17-11-26-30(2)12-17)15-4-3-5-18(24)8-15/h3-12,14,22,31H,13H2,1-2H3,(H,25,27)(H,29,32)/t14-,22-/m0/s1. The van der Waals surface area contributed by atoms with Crippen molar-refractivity contribution in [3.63, 3.8) is 0 Å². The van der Waals surface area contributed by atoms with Crippen LogP contribution in [0.2, 0.25) is 0 Å². The van der Waals surface area contributed by atoms with Crippen molar-refractivity contribution in [1.29, 1.82) is 0 Å². The molecule has 4 aromatic rings. The number of hydrogen-bond donors (Lipinski definition) is 3. The average Bonchev–Trinajstić information content (AvgIpc) is 3.22. The molecule has 1 aromatic carbocycles. The van der Waals surface area contributed by atoms with Crippen molar-refractivity contribution < 1.29 is 14.3 Å². The molecule has 2 atom stereocenters. The molecule has 0 saturated carbocycles. The lowest BCUT2D eigenvalue weighted by Crippen LogP contribution is -2.30. The average molecular weight is 434 g/mol. The van der Waals surface area contributed by atoms with E-state index >= 15 is 0 Å². The van der Waals surface area contributed by atoms with Crippen LogP contribution in [0.1, 0.15) is 34.6 Å². The van der Waals surface area contributed by atoms with Crippen LogP contribution in [0.15, 0.2) is 61.1 Å². The number of anilines is 1. The molecule has 3 aromatic heterocycles. The Hall–Kier alpha value is -3.85. The Morgan fingerprint density at radius 2 is 2.03 bits per heavy atom. The maximum absolute atomic E-state index is 13.9. The lowest BCUT2D eigenvalue weighted by molar-refractivity contribution is 0.0938. The molecular formula is C23H23FN6O2. The first-order valence-electron chi connectivity index (χ1n) is 10.1. The summed E-state index contributed by atoms with van der Waals surface area (Å²) < 4.78 is 15.5. The molecule has 0 aliphatic rings. The largest absolute Gasteiger partial charge is 0.394 e. The van der Waals surface area contributed by atoms with Gasteiger partial charge < -0.3 is 15.7 Å². The van der Waals surface area contributed by atoms with Gasteiger partial charge in [-0.2, -0.15) is 5.10 Å². The van der Waals surface area contributed by atoms with Crippen LogP contribution < -0.4 is 10.6 Å². The van der Waals surface area contributed by atoms with Crippen molar-refractivity contribution in [1.82, 2.24) is 25.1 Å². The number of carbonyl (C=O) groups excluding carboxylic acids is 1. The highest BCUT2D eigenvalue weighted by atomic mass is 19.1. The number of rotatable bonds is 7. The van der Waals surface area contributed by atoms with E-state index in [0.29, 0.717) is 16.9 Å². The van der Waals surface area contributed by atoms with Gasteiger partial charge in [-0.25, -0.2) is 14.4 Å². The highest BCUT2D eigenvalue weighted by Gasteiger charge is 2.21. The molecule has 0 radical (unpaired) electrons. The van der Waals surface area contributed by atoms with Gasteiger partial charge in [0.05, 0.1) is 24.4 Å². The fourth-order valence-electron chi connectivity index (χ4n) is 3.36. The normalized spacial score (nSPS) is 13.0. The number of nitrogens with one attached hydrogen (secondary N) is 2. The quantitative estimate of drug-likeness (QED) is 0.413. The Labute approximate surface area is 184 Å². The molecule has 0 saturated heterocycles. The molecule has 32 heavy (non-hydrogen) atoms. The summed E-state index contributed by atoms with van der Waals surface area (Å²) in [6, 6.07) is 10.4. The molecule has 164 valence electrons. The van der Waals surface area contributed by atoms with E-state index in [4.69, 9.17) is 0 Å². The van der Waals surface area contributed by atoms with Crippen LogP contribution in [0.5, 0.6) is 0 Å².